The third-order valence-electron chi connectivity index (χ3n) is 0.471. The molecule has 0 atom stereocenters. The van der Waals surface area contributed by atoms with E-state index in [0.717, 1.165) is 13.2 Å². The summed E-state index contributed by atoms with van der Waals surface area (Å²) >= 11 is 0. The molecule has 0 amide bonds. The molecule has 1 heterocycles. The van der Waals surface area contributed by atoms with E-state index in [2.05, 4.69) is 11.2 Å². The van der Waals surface area contributed by atoms with Crippen LogP contribution in [0.3, 0.4) is 0 Å². The first-order valence-corrected chi connectivity index (χ1v) is 1.39. The first kappa shape index (κ1) is 10.1. The first-order chi connectivity index (χ1) is 2.00. The SMILES string of the molecule is [CH-]1COC1.[NH2-].[U+2]. The van der Waals surface area contributed by atoms with E-state index >= 15 is 0 Å². The largest absolute Gasteiger partial charge is 2.00 e. The van der Waals surface area contributed by atoms with Crippen LogP contribution in [0.1, 0.15) is 0 Å². The number of nitrogens with two attached hydrogens (primary N) is 1. The Morgan fingerprint density at radius 1 is 1.33 bits per heavy atom. The average Bonchev–Trinajstić information content (AvgIpc) is 0.722. The molecule has 0 bridgehead atoms. The number of rotatable bonds is 0. The first-order valence-electron chi connectivity index (χ1n) is 1.39. The zero-order valence-electron chi connectivity index (χ0n) is 3.48. The topological polar surface area (TPSA) is 42.7 Å². The predicted octanol–water partition coefficient (Wildman–Crippen LogP) is 0.938. The van der Waals surface area contributed by atoms with Gasteiger partial charge >= 0.3 is 31.1 Å². The van der Waals surface area contributed by atoms with E-state index in [4.69, 9.17) is 0 Å². The van der Waals surface area contributed by atoms with Crippen molar-refractivity contribution >= 4 is 0 Å². The van der Waals surface area contributed by atoms with Gasteiger partial charge < -0.3 is 10.9 Å². The maximum Gasteiger partial charge on any atom is 2.00 e. The Morgan fingerprint density at radius 3 is 1.50 bits per heavy atom. The van der Waals surface area contributed by atoms with E-state index in [9.17, 15) is 0 Å². The van der Waals surface area contributed by atoms with Crippen LogP contribution in [0.15, 0.2) is 0 Å². The Kier molecular flexibility index (Phi) is 10.0. The van der Waals surface area contributed by atoms with Gasteiger partial charge in [-0.1, -0.05) is 13.2 Å². The molecule has 6 heavy (non-hydrogen) atoms. The Morgan fingerprint density at radius 2 is 1.50 bits per heavy atom. The zero-order valence-corrected chi connectivity index (χ0v) is 7.64. The number of ether oxygens (including phenoxy) is 1. The van der Waals surface area contributed by atoms with Crippen LogP contribution in [0.25, 0.3) is 6.15 Å². The van der Waals surface area contributed by atoms with Gasteiger partial charge in [0.25, 0.3) is 0 Å². The molecule has 0 unspecified atom stereocenters. The molecule has 0 saturated carbocycles. The minimum atomic E-state index is 0. The van der Waals surface area contributed by atoms with Crippen molar-refractivity contribution in [2.45, 2.75) is 0 Å². The van der Waals surface area contributed by atoms with E-state index in [1.165, 1.54) is 0 Å². The average molecular weight is 311 g/mol. The summed E-state index contributed by atoms with van der Waals surface area (Å²) in [5.74, 6) is 0. The molecule has 2 nitrogen and oxygen atoms in total. The molecular formula is C3H7NOU. The van der Waals surface area contributed by atoms with Crippen molar-refractivity contribution in [1.82, 2.24) is 0 Å². The summed E-state index contributed by atoms with van der Waals surface area (Å²) in [5, 5.41) is 0. The maximum absolute atomic E-state index is 4.67. The molecular weight excluding hydrogens is 304 g/mol. The molecule has 1 saturated heterocycles. The third kappa shape index (κ3) is 3.17. The van der Waals surface area contributed by atoms with E-state index in [1.54, 1.807) is 0 Å². The summed E-state index contributed by atoms with van der Waals surface area (Å²) in [6.45, 7) is 1.75. The smallest absolute Gasteiger partial charge is 0.693 e. The van der Waals surface area contributed by atoms with Crippen LogP contribution in [0, 0.1) is 37.5 Å². The minimum Gasteiger partial charge on any atom is -0.693 e. The standard InChI is InChI=1S/C3H5O.H2N.U/c1-2-4-3-1;;/h1H,2-3H2;1H2;/q2*-1;+2. The quantitative estimate of drug-likeness (QED) is 0.614. The van der Waals surface area contributed by atoms with Crippen molar-refractivity contribution in [3.8, 4) is 0 Å². The van der Waals surface area contributed by atoms with E-state index in [1.807, 2.05) is 0 Å². The molecule has 0 spiro atoms. The van der Waals surface area contributed by atoms with Gasteiger partial charge in [0.1, 0.15) is 0 Å². The molecule has 0 aromatic heterocycles. The minimum absolute atomic E-state index is 0. The molecule has 0 radical (unpaired) electrons. The molecule has 34 valence electrons. The van der Waals surface area contributed by atoms with Crippen molar-refractivity contribution in [2.75, 3.05) is 13.2 Å². The summed E-state index contributed by atoms with van der Waals surface area (Å²) in [7, 11) is 0. The monoisotopic (exact) mass is 311 g/mol. The zero-order chi connectivity index (χ0) is 2.83. The van der Waals surface area contributed by atoms with Gasteiger partial charge in [0, 0.05) is 0 Å². The van der Waals surface area contributed by atoms with Gasteiger partial charge in [0.05, 0.1) is 0 Å². The van der Waals surface area contributed by atoms with Crippen LogP contribution < -0.4 is 0 Å². The van der Waals surface area contributed by atoms with Crippen LogP contribution in [0.4, 0.5) is 0 Å². The molecule has 3 heteroatoms. The predicted molar refractivity (Wildman–Crippen MR) is 20.4 cm³/mol. The summed E-state index contributed by atoms with van der Waals surface area (Å²) in [5.41, 5.74) is 0. The van der Waals surface area contributed by atoms with Crippen molar-refractivity contribution < 1.29 is 35.9 Å². The van der Waals surface area contributed by atoms with Crippen LogP contribution >= 0.6 is 0 Å². The second-order valence-electron chi connectivity index (χ2n) is 0.826. The molecule has 0 aliphatic carbocycles. The fraction of sp³-hybridized carbons (Fsp3) is 0.667. The molecule has 1 fully saturated rings. The van der Waals surface area contributed by atoms with Gasteiger partial charge in [0.2, 0.25) is 0 Å². The molecule has 1 aliphatic rings. The number of hydrogen-bond acceptors (Lipinski definition) is 1. The van der Waals surface area contributed by atoms with Crippen LogP contribution in [-0.4, -0.2) is 13.2 Å². The van der Waals surface area contributed by atoms with Gasteiger partial charge in [-0.3, -0.25) is 6.42 Å². The fourth-order valence-corrected chi connectivity index (χ4v) is 0.118. The van der Waals surface area contributed by atoms with Crippen LogP contribution in [0.2, 0.25) is 0 Å². The van der Waals surface area contributed by atoms with E-state index in [-0.39, 0.29) is 37.3 Å². The van der Waals surface area contributed by atoms with Crippen molar-refractivity contribution in [2.24, 2.45) is 0 Å². The van der Waals surface area contributed by atoms with Gasteiger partial charge in [-0.05, 0) is 0 Å². The van der Waals surface area contributed by atoms with Gasteiger partial charge in [-0.25, -0.2) is 0 Å². The number of hydrogen-bond donors (Lipinski definition) is 0. The molecule has 2 N–H and O–H groups in total. The van der Waals surface area contributed by atoms with E-state index in [0.29, 0.717) is 0 Å². The molecule has 0 aromatic carbocycles. The van der Waals surface area contributed by atoms with Crippen molar-refractivity contribution in [1.29, 1.82) is 0 Å². The van der Waals surface area contributed by atoms with Gasteiger partial charge in [-0.2, -0.15) is 0 Å². The summed E-state index contributed by atoms with van der Waals surface area (Å²) < 4.78 is 4.67. The van der Waals surface area contributed by atoms with Crippen LogP contribution in [0.5, 0.6) is 0 Å². The molecule has 1 aliphatic heterocycles. The third-order valence-corrected chi connectivity index (χ3v) is 0.471. The Labute approximate surface area is 61.6 Å². The van der Waals surface area contributed by atoms with Crippen molar-refractivity contribution in [3.05, 3.63) is 12.6 Å². The molecule has 0 aromatic rings. The fourth-order valence-electron chi connectivity index (χ4n) is 0.118. The van der Waals surface area contributed by atoms with Gasteiger partial charge in [-0.15, -0.1) is 0 Å². The summed E-state index contributed by atoms with van der Waals surface area (Å²) in [6, 6.07) is 0. The second-order valence-corrected chi connectivity index (χ2v) is 0.826. The Bertz CT molecular complexity index is 18.8. The van der Waals surface area contributed by atoms with Crippen molar-refractivity contribution in [3.63, 3.8) is 0 Å². The maximum atomic E-state index is 4.67. The van der Waals surface area contributed by atoms with Gasteiger partial charge in [0.15, 0.2) is 0 Å². The summed E-state index contributed by atoms with van der Waals surface area (Å²) in [6.07, 6.45) is 2.08. The van der Waals surface area contributed by atoms with E-state index < -0.39 is 0 Å². The molecule has 1 rings (SSSR count). The Balaban J connectivity index is 0. The van der Waals surface area contributed by atoms with Crippen LogP contribution in [-0.2, 0) is 4.74 Å². The second kappa shape index (κ2) is 5.97. The normalized spacial score (nSPS) is 16.0. The Hall–Kier alpha value is 0.972. The summed E-state index contributed by atoms with van der Waals surface area (Å²) in [4.78, 5) is 0.